The van der Waals surface area contributed by atoms with Crippen LogP contribution in [0.2, 0.25) is 0 Å². The van der Waals surface area contributed by atoms with Crippen LogP contribution in [0.15, 0.2) is 60.7 Å². The molecule has 1 aliphatic heterocycles. The quantitative estimate of drug-likeness (QED) is 0.572. The van der Waals surface area contributed by atoms with Crippen LogP contribution < -0.4 is 9.83 Å². The van der Waals surface area contributed by atoms with Crippen LogP contribution in [0.25, 0.3) is 11.1 Å². The first-order valence-electron chi connectivity index (χ1n) is 8.53. The predicted octanol–water partition coefficient (Wildman–Crippen LogP) is 5.42. The molecule has 0 aliphatic carbocycles. The van der Waals surface area contributed by atoms with Crippen molar-refractivity contribution < 1.29 is 13.9 Å². The van der Waals surface area contributed by atoms with E-state index in [-0.39, 0.29) is 0 Å². The highest BCUT2D eigenvalue weighted by molar-refractivity contribution is 7.84. The molecule has 0 aromatic heterocycles. The summed E-state index contributed by atoms with van der Waals surface area (Å²) in [6, 6.07) is 18.6. The van der Waals surface area contributed by atoms with Gasteiger partial charge in [-0.15, -0.1) is 0 Å². The molecular weight excluding hydrogens is 343 g/mol. The summed E-state index contributed by atoms with van der Waals surface area (Å²) in [5.74, 6) is 0.491. The minimum absolute atomic E-state index is 0.436. The van der Waals surface area contributed by atoms with Gasteiger partial charge in [-0.25, -0.2) is 0 Å². The third-order valence-corrected chi connectivity index (χ3v) is 7.02. The van der Waals surface area contributed by atoms with E-state index in [1.807, 2.05) is 63.2 Å². The van der Waals surface area contributed by atoms with E-state index in [1.165, 1.54) is 0 Å². The molecule has 1 unspecified atom stereocenters. The Labute approximate surface area is 153 Å². The molecule has 4 heteroatoms. The Morgan fingerprint density at radius 2 is 1.42 bits per heavy atom. The summed E-state index contributed by atoms with van der Waals surface area (Å²) >= 11 is 0. The third kappa shape index (κ3) is 2.43. The molecule has 4 rings (SSSR count). The zero-order valence-corrected chi connectivity index (χ0v) is 15.8. The molecule has 0 fully saturated rings. The number of benzene rings is 3. The summed E-state index contributed by atoms with van der Waals surface area (Å²) in [5, 5.41) is 0.475. The molecule has 26 heavy (non-hydrogen) atoms. The molecule has 3 nitrogen and oxygen atoms in total. The van der Waals surface area contributed by atoms with Gasteiger partial charge in [-0.1, -0.05) is 54.1 Å². The van der Waals surface area contributed by atoms with Gasteiger partial charge in [0.1, 0.15) is 5.75 Å². The molecule has 1 atom stereocenters. The average Bonchev–Trinajstić information content (AvgIpc) is 2.61. The van der Waals surface area contributed by atoms with Crippen LogP contribution in [0.4, 0.5) is 0 Å². The van der Waals surface area contributed by atoms with E-state index in [9.17, 15) is 9.36 Å². The van der Waals surface area contributed by atoms with E-state index in [0.29, 0.717) is 16.6 Å². The summed E-state index contributed by atoms with van der Waals surface area (Å²) < 4.78 is 19.8. The van der Waals surface area contributed by atoms with E-state index < -0.39 is 12.9 Å². The fraction of sp³-hybridized carbons (Fsp3) is 0.136. The van der Waals surface area contributed by atoms with E-state index >= 15 is 0 Å². The number of carbonyl (C=O) groups excluding carboxylic acids is 1. The Bertz CT molecular complexity index is 1080. The standard InChI is InChI=1S/C22H19O3P/c1-14-12-15(2)21(16(3)13-14)22(23)26(24)20-11-7-5-9-18(20)17-8-4-6-10-19(17)25-26/h4-13H,1-3H3. The zero-order valence-electron chi connectivity index (χ0n) is 14.9. The van der Waals surface area contributed by atoms with Crippen molar-refractivity contribution in [3.8, 4) is 16.9 Å². The van der Waals surface area contributed by atoms with E-state index in [1.54, 1.807) is 18.2 Å². The van der Waals surface area contributed by atoms with E-state index in [2.05, 4.69) is 0 Å². The number of hydrogen-bond donors (Lipinski definition) is 0. The lowest BCUT2D eigenvalue weighted by atomic mass is 10.0. The third-order valence-electron chi connectivity index (χ3n) is 4.78. The molecule has 0 saturated heterocycles. The summed E-state index contributed by atoms with van der Waals surface area (Å²) in [5.41, 5.74) is 4.44. The maximum absolute atomic E-state index is 13.9. The summed E-state index contributed by atoms with van der Waals surface area (Å²) in [7, 11) is -3.76. The van der Waals surface area contributed by atoms with Crippen molar-refractivity contribution in [2.24, 2.45) is 0 Å². The van der Waals surface area contributed by atoms with Crippen molar-refractivity contribution in [3.05, 3.63) is 82.9 Å². The van der Waals surface area contributed by atoms with Crippen LogP contribution in [0.3, 0.4) is 0 Å². The van der Waals surface area contributed by atoms with E-state index in [4.69, 9.17) is 4.52 Å². The van der Waals surface area contributed by atoms with Crippen LogP contribution in [0.5, 0.6) is 5.75 Å². The Morgan fingerprint density at radius 1 is 0.846 bits per heavy atom. The Hall–Kier alpha value is -2.64. The molecule has 1 aliphatic rings. The number of rotatable bonds is 2. The Kier molecular flexibility index (Phi) is 3.86. The van der Waals surface area contributed by atoms with Gasteiger partial charge >= 0.3 is 7.37 Å². The van der Waals surface area contributed by atoms with Crippen LogP contribution >= 0.6 is 7.37 Å². The normalized spacial score (nSPS) is 17.8. The second kappa shape index (κ2) is 5.96. The van der Waals surface area contributed by atoms with Crippen molar-refractivity contribution >= 4 is 18.2 Å². The smallest absolute Gasteiger partial charge is 0.347 e. The second-order valence-electron chi connectivity index (χ2n) is 6.73. The zero-order chi connectivity index (χ0) is 18.5. The molecule has 1 heterocycles. The van der Waals surface area contributed by atoms with Crippen LogP contribution in [0, 0.1) is 20.8 Å². The second-order valence-corrected chi connectivity index (χ2v) is 8.91. The van der Waals surface area contributed by atoms with Gasteiger partial charge in [0.15, 0.2) is 0 Å². The largest absolute Gasteiger partial charge is 0.434 e. The monoisotopic (exact) mass is 362 g/mol. The summed E-state index contributed by atoms with van der Waals surface area (Å²) in [4.78, 5) is 13.5. The average molecular weight is 362 g/mol. The maximum Gasteiger partial charge on any atom is 0.347 e. The lowest BCUT2D eigenvalue weighted by Crippen LogP contribution is -2.24. The van der Waals surface area contributed by atoms with Crippen molar-refractivity contribution in [2.45, 2.75) is 20.8 Å². The van der Waals surface area contributed by atoms with Gasteiger partial charge in [0.2, 0.25) is 0 Å². The molecule has 0 N–H and O–H groups in total. The summed E-state index contributed by atoms with van der Waals surface area (Å²) in [6.45, 7) is 5.74. The van der Waals surface area contributed by atoms with Gasteiger partial charge in [-0.05, 0) is 49.6 Å². The highest BCUT2D eigenvalue weighted by Gasteiger charge is 2.44. The Balaban J connectivity index is 1.95. The molecule has 0 bridgehead atoms. The van der Waals surface area contributed by atoms with Crippen LogP contribution in [-0.4, -0.2) is 5.52 Å². The summed E-state index contributed by atoms with van der Waals surface area (Å²) in [6.07, 6.45) is 0. The van der Waals surface area contributed by atoms with Gasteiger partial charge in [0.05, 0.1) is 5.30 Å². The highest BCUT2D eigenvalue weighted by Crippen LogP contribution is 2.56. The predicted molar refractivity (Wildman–Crippen MR) is 105 cm³/mol. The van der Waals surface area contributed by atoms with Crippen molar-refractivity contribution in [1.82, 2.24) is 0 Å². The fourth-order valence-corrected chi connectivity index (χ4v) is 6.01. The minimum Gasteiger partial charge on any atom is -0.434 e. The van der Waals surface area contributed by atoms with Crippen molar-refractivity contribution in [2.75, 3.05) is 0 Å². The van der Waals surface area contributed by atoms with Gasteiger partial charge in [-0.2, -0.15) is 0 Å². The number of para-hydroxylation sites is 1. The van der Waals surface area contributed by atoms with Crippen molar-refractivity contribution in [1.29, 1.82) is 0 Å². The van der Waals surface area contributed by atoms with Gasteiger partial charge in [0.25, 0.3) is 5.52 Å². The fourth-order valence-electron chi connectivity index (χ4n) is 3.73. The van der Waals surface area contributed by atoms with Gasteiger partial charge < -0.3 is 4.52 Å². The first-order chi connectivity index (χ1) is 12.4. The SMILES string of the molecule is Cc1cc(C)c(C(=O)P2(=O)Oc3ccccc3-c3ccccc32)c(C)c1. The molecule has 0 spiro atoms. The maximum atomic E-state index is 13.9. The lowest BCUT2D eigenvalue weighted by Gasteiger charge is -2.28. The highest BCUT2D eigenvalue weighted by atomic mass is 31.2. The number of hydrogen-bond acceptors (Lipinski definition) is 3. The van der Waals surface area contributed by atoms with Gasteiger partial charge in [0, 0.05) is 11.1 Å². The topological polar surface area (TPSA) is 43.4 Å². The molecule has 3 aromatic carbocycles. The van der Waals surface area contributed by atoms with E-state index in [0.717, 1.165) is 27.8 Å². The van der Waals surface area contributed by atoms with Crippen LogP contribution in [-0.2, 0) is 4.57 Å². The number of carbonyl (C=O) groups is 1. The molecule has 0 saturated carbocycles. The Morgan fingerprint density at radius 3 is 2.12 bits per heavy atom. The van der Waals surface area contributed by atoms with Gasteiger partial charge in [-0.3, -0.25) is 9.36 Å². The number of fused-ring (bicyclic) bond motifs is 3. The molecule has 0 radical (unpaired) electrons. The minimum atomic E-state index is -3.76. The first kappa shape index (κ1) is 16.8. The molecular formula is C22H19O3P. The number of aryl methyl sites for hydroxylation is 3. The molecule has 130 valence electrons. The first-order valence-corrected chi connectivity index (χ1v) is 10.2. The molecule has 3 aromatic rings. The lowest BCUT2D eigenvalue weighted by molar-refractivity contribution is 0.106. The van der Waals surface area contributed by atoms with Crippen LogP contribution in [0.1, 0.15) is 27.0 Å². The molecule has 0 amide bonds. The van der Waals surface area contributed by atoms with Crippen molar-refractivity contribution in [3.63, 3.8) is 0 Å².